The fourth-order valence-electron chi connectivity index (χ4n) is 1.53. The molecule has 20 heavy (non-hydrogen) atoms. The molecule has 0 bridgehead atoms. The number of methoxy groups -OCH3 is 2. The molecule has 2 heterocycles. The maximum absolute atomic E-state index is 12.1. The molecule has 2 aromatic rings. The SMILES string of the molecule is COc1cccc(NC(=O)c2cnc(Cl)cc2OC)n1. The van der Waals surface area contributed by atoms with Crippen molar-refractivity contribution in [3.63, 3.8) is 0 Å². The molecule has 0 saturated carbocycles. The highest BCUT2D eigenvalue weighted by molar-refractivity contribution is 6.29. The number of nitrogens with zero attached hydrogens (tertiary/aromatic N) is 2. The van der Waals surface area contributed by atoms with Gasteiger partial charge in [-0.3, -0.25) is 4.79 Å². The summed E-state index contributed by atoms with van der Waals surface area (Å²) in [6.07, 6.45) is 1.34. The van der Waals surface area contributed by atoms with Crippen LogP contribution in [0, 0.1) is 0 Å². The van der Waals surface area contributed by atoms with Crippen molar-refractivity contribution in [2.45, 2.75) is 0 Å². The number of carbonyl (C=O) groups is 1. The van der Waals surface area contributed by atoms with Crippen molar-refractivity contribution in [3.05, 3.63) is 41.2 Å². The van der Waals surface area contributed by atoms with E-state index in [0.717, 1.165) is 0 Å². The number of rotatable bonds is 4. The van der Waals surface area contributed by atoms with Gasteiger partial charge in [0.1, 0.15) is 22.3 Å². The van der Waals surface area contributed by atoms with Gasteiger partial charge >= 0.3 is 0 Å². The number of carbonyl (C=O) groups excluding carboxylic acids is 1. The number of pyridine rings is 2. The Labute approximate surface area is 120 Å². The van der Waals surface area contributed by atoms with E-state index in [1.54, 1.807) is 18.2 Å². The first-order valence-corrected chi connectivity index (χ1v) is 6.03. The molecular formula is C13H12ClN3O3. The quantitative estimate of drug-likeness (QED) is 0.876. The molecule has 0 radical (unpaired) electrons. The van der Waals surface area contributed by atoms with Gasteiger partial charge < -0.3 is 14.8 Å². The van der Waals surface area contributed by atoms with E-state index in [9.17, 15) is 4.79 Å². The molecule has 104 valence electrons. The average Bonchev–Trinajstić information content (AvgIpc) is 2.47. The molecule has 0 unspecified atom stereocenters. The van der Waals surface area contributed by atoms with Gasteiger partial charge in [0.2, 0.25) is 5.88 Å². The van der Waals surface area contributed by atoms with E-state index in [-0.39, 0.29) is 10.7 Å². The number of anilines is 1. The van der Waals surface area contributed by atoms with Crippen molar-refractivity contribution < 1.29 is 14.3 Å². The Kier molecular flexibility index (Phi) is 4.37. The highest BCUT2D eigenvalue weighted by Crippen LogP contribution is 2.22. The summed E-state index contributed by atoms with van der Waals surface area (Å²) in [5, 5.41) is 2.88. The summed E-state index contributed by atoms with van der Waals surface area (Å²) in [4.78, 5) is 20.1. The Morgan fingerprint density at radius 3 is 2.80 bits per heavy atom. The molecule has 7 heteroatoms. The second kappa shape index (κ2) is 6.21. The van der Waals surface area contributed by atoms with Crippen LogP contribution >= 0.6 is 11.6 Å². The molecule has 0 saturated heterocycles. The second-order valence-corrected chi connectivity index (χ2v) is 4.11. The number of nitrogens with one attached hydrogen (secondary N) is 1. The molecule has 1 amide bonds. The predicted molar refractivity (Wildman–Crippen MR) is 74.5 cm³/mol. The van der Waals surface area contributed by atoms with Gasteiger partial charge in [-0.25, -0.2) is 4.98 Å². The van der Waals surface area contributed by atoms with Crippen LogP contribution in [0.15, 0.2) is 30.5 Å². The summed E-state index contributed by atoms with van der Waals surface area (Å²) in [6.45, 7) is 0. The zero-order valence-corrected chi connectivity index (χ0v) is 11.6. The Hall–Kier alpha value is -2.34. The maximum Gasteiger partial charge on any atom is 0.262 e. The van der Waals surface area contributed by atoms with E-state index < -0.39 is 5.91 Å². The number of hydrogen-bond acceptors (Lipinski definition) is 5. The van der Waals surface area contributed by atoms with Crippen molar-refractivity contribution in [2.24, 2.45) is 0 Å². The monoisotopic (exact) mass is 293 g/mol. The van der Waals surface area contributed by atoms with Crippen LogP contribution in [-0.2, 0) is 0 Å². The third-order valence-corrected chi connectivity index (χ3v) is 2.68. The zero-order chi connectivity index (χ0) is 14.5. The van der Waals surface area contributed by atoms with E-state index >= 15 is 0 Å². The minimum Gasteiger partial charge on any atom is -0.496 e. The van der Waals surface area contributed by atoms with Gasteiger partial charge in [-0.1, -0.05) is 17.7 Å². The van der Waals surface area contributed by atoms with Gasteiger partial charge in [0.25, 0.3) is 5.91 Å². The minimum atomic E-state index is -0.397. The normalized spacial score (nSPS) is 9.95. The molecule has 6 nitrogen and oxygen atoms in total. The van der Waals surface area contributed by atoms with E-state index in [1.165, 1.54) is 26.5 Å². The molecule has 0 aliphatic carbocycles. The predicted octanol–water partition coefficient (Wildman–Crippen LogP) is 2.40. The number of ether oxygens (including phenoxy) is 2. The van der Waals surface area contributed by atoms with Crippen LogP contribution < -0.4 is 14.8 Å². The highest BCUT2D eigenvalue weighted by atomic mass is 35.5. The van der Waals surface area contributed by atoms with Crippen LogP contribution in [0.2, 0.25) is 5.15 Å². The van der Waals surface area contributed by atoms with Crippen LogP contribution in [0.3, 0.4) is 0 Å². The van der Waals surface area contributed by atoms with E-state index in [2.05, 4.69) is 15.3 Å². The van der Waals surface area contributed by atoms with Crippen LogP contribution in [0.25, 0.3) is 0 Å². The smallest absolute Gasteiger partial charge is 0.262 e. The molecule has 2 rings (SSSR count). The summed E-state index contributed by atoms with van der Waals surface area (Å²) in [5.74, 6) is 0.715. The van der Waals surface area contributed by atoms with Gasteiger partial charge in [0, 0.05) is 18.3 Å². The Bertz CT molecular complexity index is 634. The average molecular weight is 294 g/mol. The topological polar surface area (TPSA) is 73.3 Å². The Morgan fingerprint density at radius 1 is 1.30 bits per heavy atom. The Morgan fingerprint density at radius 2 is 2.10 bits per heavy atom. The van der Waals surface area contributed by atoms with E-state index in [0.29, 0.717) is 17.4 Å². The van der Waals surface area contributed by atoms with Gasteiger partial charge in [-0.2, -0.15) is 4.98 Å². The van der Waals surface area contributed by atoms with Gasteiger partial charge in [-0.05, 0) is 6.07 Å². The molecule has 2 aromatic heterocycles. The number of halogens is 1. The molecular weight excluding hydrogens is 282 g/mol. The van der Waals surface area contributed by atoms with Crippen LogP contribution in [0.1, 0.15) is 10.4 Å². The summed E-state index contributed by atoms with van der Waals surface area (Å²) >= 11 is 5.75. The lowest BCUT2D eigenvalue weighted by Gasteiger charge is -2.09. The van der Waals surface area contributed by atoms with Crippen molar-refractivity contribution >= 4 is 23.3 Å². The maximum atomic E-state index is 12.1. The number of aromatic nitrogens is 2. The number of amides is 1. The van der Waals surface area contributed by atoms with Crippen LogP contribution in [0.5, 0.6) is 11.6 Å². The van der Waals surface area contributed by atoms with Crippen molar-refractivity contribution in [1.82, 2.24) is 9.97 Å². The molecule has 0 aliphatic rings. The summed E-state index contributed by atoms with van der Waals surface area (Å²) in [6, 6.07) is 6.52. The lowest BCUT2D eigenvalue weighted by molar-refractivity contribution is 0.102. The van der Waals surface area contributed by atoms with E-state index in [4.69, 9.17) is 21.1 Å². The molecule has 0 atom stereocenters. The molecule has 0 aliphatic heterocycles. The fraction of sp³-hybridized carbons (Fsp3) is 0.154. The molecule has 0 aromatic carbocycles. The Balaban J connectivity index is 2.23. The van der Waals surface area contributed by atoms with Crippen molar-refractivity contribution in [1.29, 1.82) is 0 Å². The lowest BCUT2D eigenvalue weighted by atomic mass is 10.2. The minimum absolute atomic E-state index is 0.248. The van der Waals surface area contributed by atoms with Crippen LogP contribution in [0.4, 0.5) is 5.82 Å². The molecule has 0 fully saturated rings. The highest BCUT2D eigenvalue weighted by Gasteiger charge is 2.14. The molecule has 1 N–H and O–H groups in total. The standard InChI is InChI=1S/C13H12ClN3O3/c1-19-9-6-10(14)15-7-8(9)13(18)17-11-4-3-5-12(16-11)20-2/h3-7H,1-2H3,(H,16,17,18). The lowest BCUT2D eigenvalue weighted by Crippen LogP contribution is -2.14. The van der Waals surface area contributed by atoms with Gasteiger partial charge in [-0.15, -0.1) is 0 Å². The number of hydrogen-bond donors (Lipinski definition) is 1. The van der Waals surface area contributed by atoms with Crippen molar-refractivity contribution in [3.8, 4) is 11.6 Å². The van der Waals surface area contributed by atoms with Crippen molar-refractivity contribution in [2.75, 3.05) is 19.5 Å². The van der Waals surface area contributed by atoms with E-state index in [1.807, 2.05) is 0 Å². The third kappa shape index (κ3) is 3.16. The zero-order valence-electron chi connectivity index (χ0n) is 10.9. The first kappa shape index (κ1) is 14.1. The first-order valence-electron chi connectivity index (χ1n) is 5.66. The van der Waals surface area contributed by atoms with Gasteiger partial charge in [0.15, 0.2) is 0 Å². The summed E-state index contributed by atoms with van der Waals surface area (Å²) in [7, 11) is 2.95. The van der Waals surface area contributed by atoms with Crippen LogP contribution in [-0.4, -0.2) is 30.1 Å². The first-order chi connectivity index (χ1) is 9.63. The van der Waals surface area contributed by atoms with Gasteiger partial charge in [0.05, 0.1) is 14.2 Å². The summed E-state index contributed by atoms with van der Waals surface area (Å²) in [5.41, 5.74) is 0.265. The molecule has 0 spiro atoms. The second-order valence-electron chi connectivity index (χ2n) is 3.73. The largest absolute Gasteiger partial charge is 0.496 e. The third-order valence-electron chi connectivity index (χ3n) is 2.47. The fourth-order valence-corrected chi connectivity index (χ4v) is 1.68. The summed E-state index contributed by atoms with van der Waals surface area (Å²) < 4.78 is 10.1.